The lowest BCUT2D eigenvalue weighted by molar-refractivity contribution is -0.870. The molecular formula is C44H77NO7. The Morgan fingerprint density at radius 1 is 0.596 bits per heavy atom. The van der Waals surface area contributed by atoms with Gasteiger partial charge in [0.25, 0.3) is 0 Å². The van der Waals surface area contributed by atoms with E-state index >= 15 is 0 Å². The third kappa shape index (κ3) is 38.7. The molecule has 0 amide bonds. The van der Waals surface area contributed by atoms with Crippen LogP contribution >= 0.6 is 0 Å². The van der Waals surface area contributed by atoms with Crippen molar-refractivity contribution in [3.63, 3.8) is 0 Å². The van der Waals surface area contributed by atoms with Gasteiger partial charge in [-0.05, 0) is 51.4 Å². The number of allylic oxidation sites excluding steroid dienone is 10. The van der Waals surface area contributed by atoms with Gasteiger partial charge in [-0.25, -0.2) is 0 Å². The highest BCUT2D eigenvalue weighted by molar-refractivity contribution is 5.69. The third-order valence-electron chi connectivity index (χ3n) is 8.51. The predicted molar refractivity (Wildman–Crippen MR) is 214 cm³/mol. The summed E-state index contributed by atoms with van der Waals surface area (Å²) in [5.74, 6) is -1.87. The van der Waals surface area contributed by atoms with Crippen molar-refractivity contribution in [1.82, 2.24) is 0 Å². The summed E-state index contributed by atoms with van der Waals surface area (Å²) < 4.78 is 16.0. The van der Waals surface area contributed by atoms with Crippen molar-refractivity contribution in [3.8, 4) is 0 Å². The van der Waals surface area contributed by atoms with Crippen molar-refractivity contribution >= 4 is 11.9 Å². The van der Waals surface area contributed by atoms with Crippen LogP contribution in [-0.2, 0) is 23.8 Å². The number of esters is 1. The molecule has 0 radical (unpaired) electrons. The predicted octanol–water partition coefficient (Wildman–Crippen LogP) is 9.09. The largest absolute Gasteiger partial charge is 0.545 e. The van der Waals surface area contributed by atoms with Crippen LogP contribution in [0.15, 0.2) is 60.8 Å². The van der Waals surface area contributed by atoms with Crippen LogP contribution in [0.5, 0.6) is 0 Å². The number of likely N-dealkylation sites (N-methyl/N-ethyl adjacent to an activating group) is 1. The van der Waals surface area contributed by atoms with Gasteiger partial charge in [0.2, 0.25) is 0 Å². The lowest BCUT2D eigenvalue weighted by Crippen LogP contribution is -2.44. The summed E-state index contributed by atoms with van der Waals surface area (Å²) in [6.07, 6.45) is 45.3. The standard InChI is InChI=1S/C44H77NO7/c1-5-6-7-8-9-10-11-12-13-14-15-16-17-18-19-20-21-22-23-24-25-26-27-28-29-30-31-32-33-34-35-36-42(47)51-39-41(46)40-52-44(43(48)49)50-38-37-45(2,3)4/h6-7,9-10,12-13,15-16,18-19,41,44,46H,5,8,11,14,17,20-40H2,1-4H3/b7-6-,10-9-,13-12-,16-15-,19-18-. The second kappa shape index (κ2) is 36.8. The molecule has 2 atom stereocenters. The Labute approximate surface area is 318 Å². The summed E-state index contributed by atoms with van der Waals surface area (Å²) in [4.78, 5) is 23.2. The maximum absolute atomic E-state index is 12.0. The molecule has 0 spiro atoms. The lowest BCUT2D eigenvalue weighted by atomic mass is 10.0. The van der Waals surface area contributed by atoms with E-state index in [1.807, 2.05) is 21.1 Å². The number of carboxylic acid groups (broad SMARTS) is 1. The highest BCUT2D eigenvalue weighted by Gasteiger charge is 2.17. The van der Waals surface area contributed by atoms with Crippen LogP contribution in [0, 0.1) is 0 Å². The summed E-state index contributed by atoms with van der Waals surface area (Å²) in [6.45, 7) is 2.34. The van der Waals surface area contributed by atoms with E-state index in [0.29, 0.717) is 17.4 Å². The molecule has 0 aliphatic heterocycles. The van der Waals surface area contributed by atoms with Gasteiger partial charge in [0.1, 0.15) is 19.3 Å². The molecule has 0 aliphatic rings. The summed E-state index contributed by atoms with van der Waals surface area (Å²) in [5.41, 5.74) is 0. The lowest BCUT2D eigenvalue weighted by Gasteiger charge is -2.26. The topological polar surface area (TPSA) is 105 Å². The number of nitrogens with zero attached hydrogens (tertiary/aromatic N) is 1. The number of ether oxygens (including phenoxy) is 3. The minimum atomic E-state index is -1.57. The van der Waals surface area contributed by atoms with Crippen LogP contribution in [0.25, 0.3) is 0 Å². The van der Waals surface area contributed by atoms with Crippen LogP contribution in [-0.4, -0.2) is 81.4 Å². The maximum Gasteiger partial charge on any atom is 0.305 e. The molecule has 0 saturated heterocycles. The molecule has 0 bridgehead atoms. The smallest absolute Gasteiger partial charge is 0.305 e. The third-order valence-corrected chi connectivity index (χ3v) is 8.51. The average Bonchev–Trinajstić information content (AvgIpc) is 3.10. The molecule has 52 heavy (non-hydrogen) atoms. The highest BCUT2D eigenvalue weighted by atomic mass is 16.7. The Morgan fingerprint density at radius 3 is 1.46 bits per heavy atom. The van der Waals surface area contributed by atoms with Gasteiger partial charge in [-0.1, -0.05) is 151 Å². The van der Waals surface area contributed by atoms with Gasteiger partial charge in [0, 0.05) is 6.42 Å². The fraction of sp³-hybridized carbons (Fsp3) is 0.727. The number of quaternary nitrogens is 1. The number of carbonyl (C=O) groups is 2. The van der Waals surface area contributed by atoms with Crippen LogP contribution in [0.4, 0.5) is 0 Å². The molecule has 2 unspecified atom stereocenters. The van der Waals surface area contributed by atoms with Gasteiger partial charge in [-0.2, -0.15) is 0 Å². The summed E-state index contributed by atoms with van der Waals surface area (Å²) in [5, 5.41) is 21.2. The number of carbonyl (C=O) groups excluding carboxylic acids is 2. The molecule has 1 N–H and O–H groups in total. The molecular weight excluding hydrogens is 654 g/mol. The van der Waals surface area contributed by atoms with Crippen molar-refractivity contribution in [2.75, 3.05) is 47.5 Å². The van der Waals surface area contributed by atoms with Gasteiger partial charge < -0.3 is 33.7 Å². The van der Waals surface area contributed by atoms with E-state index in [1.165, 1.54) is 83.5 Å². The number of hydrogen-bond donors (Lipinski definition) is 1. The van der Waals surface area contributed by atoms with Crippen molar-refractivity contribution in [3.05, 3.63) is 60.8 Å². The number of carboxylic acids is 1. The van der Waals surface area contributed by atoms with Gasteiger partial charge >= 0.3 is 5.97 Å². The van der Waals surface area contributed by atoms with Gasteiger partial charge in [0.05, 0.1) is 40.3 Å². The zero-order valence-electron chi connectivity index (χ0n) is 33.7. The average molecular weight is 732 g/mol. The second-order valence-corrected chi connectivity index (χ2v) is 14.8. The highest BCUT2D eigenvalue weighted by Crippen LogP contribution is 2.14. The first kappa shape index (κ1) is 49.5. The molecule has 0 fully saturated rings. The molecule has 0 aliphatic carbocycles. The number of aliphatic hydroxyl groups excluding tert-OH is 1. The Bertz CT molecular complexity index is 980. The molecule has 0 aromatic heterocycles. The van der Waals surface area contributed by atoms with Crippen LogP contribution in [0.1, 0.15) is 148 Å². The van der Waals surface area contributed by atoms with Gasteiger partial charge in [-0.15, -0.1) is 0 Å². The molecule has 0 aromatic carbocycles. The number of aliphatic carboxylic acids is 1. The SMILES string of the molecule is CC/C=C\C/C=C\C/C=C\C/C=C\C/C=C\CCCCCCCCCCCCCCCCCC(=O)OCC(O)COC(OCC[N+](C)(C)C)C(=O)[O-]. The Hall–Kier alpha value is -2.52. The summed E-state index contributed by atoms with van der Waals surface area (Å²) >= 11 is 0. The zero-order chi connectivity index (χ0) is 38.4. The molecule has 0 aromatic rings. The summed E-state index contributed by atoms with van der Waals surface area (Å²) in [6, 6.07) is 0. The maximum atomic E-state index is 12.0. The summed E-state index contributed by atoms with van der Waals surface area (Å²) in [7, 11) is 5.87. The van der Waals surface area contributed by atoms with Crippen LogP contribution in [0.3, 0.4) is 0 Å². The Kier molecular flexibility index (Phi) is 35.0. The first-order valence-corrected chi connectivity index (χ1v) is 20.5. The van der Waals surface area contributed by atoms with Gasteiger partial charge in [-0.3, -0.25) is 4.79 Å². The monoisotopic (exact) mass is 732 g/mol. The second-order valence-electron chi connectivity index (χ2n) is 14.8. The zero-order valence-corrected chi connectivity index (χ0v) is 33.7. The fourth-order valence-corrected chi connectivity index (χ4v) is 5.32. The van der Waals surface area contributed by atoms with Crippen molar-refractivity contribution in [1.29, 1.82) is 0 Å². The molecule has 0 rings (SSSR count). The van der Waals surface area contributed by atoms with E-state index in [2.05, 4.69) is 67.7 Å². The van der Waals surface area contributed by atoms with Crippen LogP contribution < -0.4 is 5.11 Å². The fourth-order valence-electron chi connectivity index (χ4n) is 5.32. The quantitative estimate of drug-likeness (QED) is 0.0224. The van der Waals surface area contributed by atoms with E-state index in [4.69, 9.17) is 14.2 Å². The number of aliphatic hydroxyl groups is 1. The van der Waals surface area contributed by atoms with Crippen LogP contribution in [0.2, 0.25) is 0 Å². The van der Waals surface area contributed by atoms with E-state index < -0.39 is 18.4 Å². The molecule has 8 heteroatoms. The normalized spacial score (nSPS) is 13.8. The number of hydrogen-bond acceptors (Lipinski definition) is 7. The molecule has 300 valence electrons. The Balaban J connectivity index is 3.48. The van der Waals surface area contributed by atoms with E-state index in [9.17, 15) is 19.8 Å². The van der Waals surface area contributed by atoms with Crippen molar-refractivity contribution in [2.45, 2.75) is 161 Å². The van der Waals surface area contributed by atoms with Gasteiger partial charge in [0.15, 0.2) is 6.29 Å². The van der Waals surface area contributed by atoms with E-state index in [-0.39, 0.29) is 25.8 Å². The number of unbranched alkanes of at least 4 members (excludes halogenated alkanes) is 15. The molecule has 0 saturated carbocycles. The molecule has 8 nitrogen and oxygen atoms in total. The van der Waals surface area contributed by atoms with Crippen molar-refractivity contribution < 1.29 is 38.5 Å². The first-order chi connectivity index (χ1) is 25.2. The van der Waals surface area contributed by atoms with E-state index in [0.717, 1.165) is 51.4 Å². The van der Waals surface area contributed by atoms with Crippen molar-refractivity contribution in [2.24, 2.45) is 0 Å². The van der Waals surface area contributed by atoms with E-state index in [1.54, 1.807) is 0 Å². The Morgan fingerprint density at radius 2 is 1.02 bits per heavy atom. The minimum Gasteiger partial charge on any atom is -0.545 e. The number of rotatable bonds is 37. The first-order valence-electron chi connectivity index (χ1n) is 20.5. The minimum absolute atomic E-state index is 0.169. The molecule has 0 heterocycles.